The van der Waals surface area contributed by atoms with Crippen LogP contribution in [-0.4, -0.2) is 51.6 Å². The van der Waals surface area contributed by atoms with E-state index in [-0.39, 0.29) is 10.9 Å². The molecule has 0 unspecified atom stereocenters. The first-order valence-corrected chi connectivity index (χ1v) is 13.0. The third-order valence-electron chi connectivity index (χ3n) is 7.77. The Hall–Kier alpha value is -1.64. The lowest BCUT2D eigenvalue weighted by molar-refractivity contribution is -0.0498. The molecule has 0 atom stereocenters. The lowest BCUT2D eigenvalue weighted by Crippen LogP contribution is -2.52. The number of amides is 2. The van der Waals surface area contributed by atoms with Gasteiger partial charge in [0.15, 0.2) is 0 Å². The Morgan fingerprint density at radius 1 is 0.968 bits per heavy atom. The first-order chi connectivity index (χ1) is 14.9. The Morgan fingerprint density at radius 3 is 2.13 bits per heavy atom. The highest BCUT2D eigenvalue weighted by molar-refractivity contribution is 7.89. The van der Waals surface area contributed by atoms with Crippen molar-refractivity contribution in [1.29, 1.82) is 0 Å². The first-order valence-electron chi connectivity index (χ1n) is 11.6. The van der Waals surface area contributed by atoms with E-state index in [2.05, 4.69) is 10.6 Å². The molecule has 0 spiro atoms. The third-order valence-corrected chi connectivity index (χ3v) is 9.69. The van der Waals surface area contributed by atoms with E-state index in [4.69, 9.17) is 4.74 Å². The molecule has 2 N–H and O–H groups in total. The second kappa shape index (κ2) is 8.37. The number of rotatable bonds is 6. The summed E-state index contributed by atoms with van der Waals surface area (Å²) in [6.45, 7) is 2.79. The maximum absolute atomic E-state index is 12.7. The zero-order valence-corrected chi connectivity index (χ0v) is 18.8. The van der Waals surface area contributed by atoms with E-state index in [1.54, 1.807) is 24.3 Å². The number of nitrogens with zero attached hydrogens (tertiary/aromatic N) is 1. The predicted octanol–water partition coefficient (Wildman–Crippen LogP) is 2.72. The van der Waals surface area contributed by atoms with Gasteiger partial charge in [0.25, 0.3) is 0 Å². The van der Waals surface area contributed by atoms with Gasteiger partial charge in [0.1, 0.15) is 0 Å². The standard InChI is InChI=1S/C23H33N3O4S/c27-22(25-16-23-12-18-9-19(13-23)11-20(10-18)14-23)24-15-17-1-3-21(4-2-17)31(28,29)26-5-7-30-8-6-26/h1-4,18-20H,5-16H2,(H2,24,25,27). The van der Waals surface area contributed by atoms with E-state index in [0.29, 0.717) is 38.3 Å². The third kappa shape index (κ3) is 4.47. The molecule has 5 fully saturated rings. The van der Waals surface area contributed by atoms with Gasteiger partial charge in [-0.25, -0.2) is 13.2 Å². The molecule has 1 aromatic rings. The molecule has 4 bridgehead atoms. The summed E-state index contributed by atoms with van der Waals surface area (Å²) in [7, 11) is -3.49. The smallest absolute Gasteiger partial charge is 0.315 e. The number of hydrogen-bond donors (Lipinski definition) is 2. The van der Waals surface area contributed by atoms with Crippen LogP contribution in [0.1, 0.15) is 44.1 Å². The fourth-order valence-corrected chi connectivity index (χ4v) is 8.14. The van der Waals surface area contributed by atoms with Gasteiger partial charge in [0.05, 0.1) is 18.1 Å². The molecule has 7 nitrogen and oxygen atoms in total. The molecule has 8 heteroatoms. The molecule has 0 aromatic heterocycles. The quantitative estimate of drug-likeness (QED) is 0.702. The van der Waals surface area contributed by atoms with Crippen LogP contribution in [0, 0.1) is 23.2 Å². The summed E-state index contributed by atoms with van der Waals surface area (Å²) in [5, 5.41) is 6.05. The highest BCUT2D eigenvalue weighted by atomic mass is 32.2. The van der Waals surface area contributed by atoms with E-state index >= 15 is 0 Å². The summed E-state index contributed by atoms with van der Waals surface area (Å²) >= 11 is 0. The van der Waals surface area contributed by atoms with Gasteiger partial charge >= 0.3 is 6.03 Å². The van der Waals surface area contributed by atoms with Crippen molar-refractivity contribution >= 4 is 16.1 Å². The number of ether oxygens (including phenoxy) is 1. The van der Waals surface area contributed by atoms with Crippen molar-refractivity contribution in [2.45, 2.75) is 50.0 Å². The molecule has 1 saturated heterocycles. The summed E-state index contributed by atoms with van der Waals surface area (Å²) in [5.74, 6) is 2.63. The summed E-state index contributed by atoms with van der Waals surface area (Å²) in [5.41, 5.74) is 1.20. The summed E-state index contributed by atoms with van der Waals surface area (Å²) < 4.78 is 32.1. The van der Waals surface area contributed by atoms with Crippen LogP contribution in [0.2, 0.25) is 0 Å². The number of carbonyl (C=O) groups excluding carboxylic acids is 1. The first kappa shape index (κ1) is 21.2. The van der Waals surface area contributed by atoms with Crippen LogP contribution in [0.4, 0.5) is 4.79 Å². The average molecular weight is 448 g/mol. The van der Waals surface area contributed by atoms with Crippen LogP contribution in [0.3, 0.4) is 0 Å². The molecule has 1 aliphatic heterocycles. The Kier molecular flexibility index (Phi) is 5.73. The number of sulfonamides is 1. The van der Waals surface area contributed by atoms with Gasteiger partial charge in [-0.05, 0) is 79.4 Å². The number of hydrogen-bond acceptors (Lipinski definition) is 4. The van der Waals surface area contributed by atoms with Crippen LogP contribution in [0.25, 0.3) is 0 Å². The second-order valence-electron chi connectivity index (χ2n) is 10.1. The van der Waals surface area contributed by atoms with Gasteiger partial charge in [-0.3, -0.25) is 0 Å². The topological polar surface area (TPSA) is 87.7 Å². The van der Waals surface area contributed by atoms with Crippen molar-refractivity contribution in [3.05, 3.63) is 29.8 Å². The molecule has 1 heterocycles. The zero-order valence-electron chi connectivity index (χ0n) is 18.0. The summed E-state index contributed by atoms with van der Waals surface area (Å²) in [4.78, 5) is 12.7. The van der Waals surface area contributed by atoms with Gasteiger partial charge in [-0.1, -0.05) is 12.1 Å². The largest absolute Gasteiger partial charge is 0.379 e. The molecular weight excluding hydrogens is 414 g/mol. The van der Waals surface area contributed by atoms with Crippen LogP contribution in [-0.2, 0) is 21.3 Å². The monoisotopic (exact) mass is 447 g/mol. The Morgan fingerprint density at radius 2 is 1.55 bits per heavy atom. The maximum Gasteiger partial charge on any atom is 0.315 e. The molecule has 0 radical (unpaired) electrons. The maximum atomic E-state index is 12.7. The molecule has 31 heavy (non-hydrogen) atoms. The van der Waals surface area contributed by atoms with Crippen molar-refractivity contribution in [2.75, 3.05) is 32.8 Å². The summed E-state index contributed by atoms with van der Waals surface area (Å²) in [6.07, 6.45) is 8.04. The van der Waals surface area contributed by atoms with Gasteiger partial charge in [0.2, 0.25) is 10.0 Å². The number of morpholine rings is 1. The van der Waals surface area contributed by atoms with E-state index in [9.17, 15) is 13.2 Å². The Bertz CT molecular complexity index is 874. The molecule has 4 saturated carbocycles. The van der Waals surface area contributed by atoms with E-state index < -0.39 is 10.0 Å². The molecule has 4 aliphatic carbocycles. The van der Waals surface area contributed by atoms with E-state index in [1.807, 2.05) is 0 Å². The minimum Gasteiger partial charge on any atom is -0.379 e. The van der Waals surface area contributed by atoms with Crippen molar-refractivity contribution in [2.24, 2.45) is 23.2 Å². The molecule has 1 aromatic carbocycles. The van der Waals surface area contributed by atoms with E-state index in [0.717, 1.165) is 29.9 Å². The van der Waals surface area contributed by atoms with Gasteiger partial charge in [-0.2, -0.15) is 4.31 Å². The average Bonchev–Trinajstić information content (AvgIpc) is 2.76. The van der Waals surface area contributed by atoms with Crippen molar-refractivity contribution in [3.8, 4) is 0 Å². The SMILES string of the molecule is O=C(NCc1ccc(S(=O)(=O)N2CCOCC2)cc1)NCC12CC3CC(CC(C3)C1)C2. The fraction of sp³-hybridized carbons (Fsp3) is 0.696. The van der Waals surface area contributed by atoms with Gasteiger partial charge < -0.3 is 15.4 Å². The number of urea groups is 1. The minimum absolute atomic E-state index is 0.138. The van der Waals surface area contributed by atoms with Crippen LogP contribution in [0.15, 0.2) is 29.2 Å². The number of benzene rings is 1. The summed E-state index contributed by atoms with van der Waals surface area (Å²) in [6, 6.07) is 6.64. The second-order valence-corrected chi connectivity index (χ2v) is 12.1. The molecule has 170 valence electrons. The molecule has 5 aliphatic rings. The normalized spacial score (nSPS) is 32.7. The van der Waals surface area contributed by atoms with Crippen LogP contribution >= 0.6 is 0 Å². The molecule has 6 rings (SSSR count). The van der Waals surface area contributed by atoms with Crippen molar-refractivity contribution in [1.82, 2.24) is 14.9 Å². The molecule has 2 amide bonds. The van der Waals surface area contributed by atoms with Crippen LogP contribution in [0.5, 0.6) is 0 Å². The lowest BCUT2D eigenvalue weighted by atomic mass is 9.49. The Balaban J connectivity index is 1.11. The highest BCUT2D eigenvalue weighted by Gasteiger charge is 2.50. The van der Waals surface area contributed by atoms with Gasteiger partial charge in [0, 0.05) is 26.2 Å². The number of carbonyl (C=O) groups is 1. The highest BCUT2D eigenvalue weighted by Crippen LogP contribution is 2.59. The van der Waals surface area contributed by atoms with Crippen molar-refractivity contribution < 1.29 is 17.9 Å². The zero-order chi connectivity index (χ0) is 21.5. The van der Waals surface area contributed by atoms with Crippen LogP contribution < -0.4 is 10.6 Å². The fourth-order valence-electron chi connectivity index (χ4n) is 6.73. The molecular formula is C23H33N3O4S. The Labute approximate surface area is 185 Å². The predicted molar refractivity (Wildman–Crippen MR) is 117 cm³/mol. The van der Waals surface area contributed by atoms with Crippen molar-refractivity contribution in [3.63, 3.8) is 0 Å². The van der Waals surface area contributed by atoms with Gasteiger partial charge in [-0.15, -0.1) is 0 Å². The minimum atomic E-state index is -3.49. The number of nitrogens with one attached hydrogen (secondary N) is 2. The van der Waals surface area contributed by atoms with E-state index in [1.165, 1.54) is 42.8 Å². The lowest BCUT2D eigenvalue weighted by Gasteiger charge is -2.56.